The summed E-state index contributed by atoms with van der Waals surface area (Å²) < 4.78 is 16.7. The molecule has 1 aliphatic heterocycles. The standard InChI is InChI=1S/C34H42ClFN6O/c1-21(2)7-5-8-23-17-28(32(36)29(35)18-23)30-19-25-20-42(34(43)40-33(25)39-30)27-13-11-24(12-14-27)31-10-6-9-26(41(31)4)15-16-38-22(3)37/h11-14,17-21,26,31H,5-10,15-16H2,1-4H3,(H2,37,38)(H,39,40,43)/t26-,31-/m0/s1. The third-order valence-electron chi connectivity index (χ3n) is 8.60. The van der Waals surface area contributed by atoms with Gasteiger partial charge in [-0.2, -0.15) is 4.98 Å². The largest absolute Gasteiger partial charge is 0.388 e. The molecule has 0 radical (unpaired) electrons. The van der Waals surface area contributed by atoms with Gasteiger partial charge in [-0.1, -0.05) is 44.0 Å². The molecule has 0 saturated carbocycles. The summed E-state index contributed by atoms with van der Waals surface area (Å²) in [5, 5.41) is 0.807. The summed E-state index contributed by atoms with van der Waals surface area (Å²) in [5.41, 5.74) is 9.60. The average Bonchev–Trinajstić information content (AvgIpc) is 3.37. The number of aryl methyl sites for hydroxylation is 1. The minimum atomic E-state index is -0.483. The Bertz CT molecular complexity index is 1650. The molecular formula is C34H42ClFN6O. The van der Waals surface area contributed by atoms with Gasteiger partial charge in [0.2, 0.25) is 0 Å². The van der Waals surface area contributed by atoms with E-state index in [0.717, 1.165) is 62.7 Å². The highest BCUT2D eigenvalue weighted by molar-refractivity contribution is 6.31. The topological polar surface area (TPSA) is 92.3 Å². The molecule has 1 aliphatic rings. The number of nitrogens with two attached hydrogens (primary N) is 1. The molecule has 3 N–H and O–H groups in total. The lowest BCUT2D eigenvalue weighted by molar-refractivity contribution is 0.110. The van der Waals surface area contributed by atoms with E-state index in [4.69, 9.17) is 17.3 Å². The van der Waals surface area contributed by atoms with Gasteiger partial charge in [0.05, 0.1) is 22.2 Å². The zero-order valence-corrected chi connectivity index (χ0v) is 26.3. The fourth-order valence-electron chi connectivity index (χ4n) is 6.23. The van der Waals surface area contributed by atoms with E-state index in [-0.39, 0.29) is 5.02 Å². The van der Waals surface area contributed by atoms with Crippen LogP contribution in [0.2, 0.25) is 5.02 Å². The van der Waals surface area contributed by atoms with Crippen LogP contribution in [0.1, 0.15) is 76.5 Å². The molecule has 2 atom stereocenters. The zero-order valence-electron chi connectivity index (χ0n) is 25.5. The van der Waals surface area contributed by atoms with E-state index in [1.54, 1.807) is 12.3 Å². The lowest BCUT2D eigenvalue weighted by Crippen LogP contribution is -2.39. The normalized spacial score (nSPS) is 18.2. The number of aromatic amines is 1. The average molecular weight is 605 g/mol. The molecular weight excluding hydrogens is 563 g/mol. The first-order valence-electron chi connectivity index (χ1n) is 15.3. The number of rotatable bonds is 10. The zero-order chi connectivity index (χ0) is 30.7. The summed E-state index contributed by atoms with van der Waals surface area (Å²) in [7, 11) is 2.19. The Balaban J connectivity index is 1.37. The molecule has 9 heteroatoms. The first-order chi connectivity index (χ1) is 20.6. The summed E-state index contributed by atoms with van der Waals surface area (Å²) in [6, 6.07) is 14.3. The van der Waals surface area contributed by atoms with Gasteiger partial charge in [-0.25, -0.2) is 9.18 Å². The minimum absolute atomic E-state index is 0.0948. The van der Waals surface area contributed by atoms with Gasteiger partial charge < -0.3 is 10.7 Å². The second-order valence-electron chi connectivity index (χ2n) is 12.3. The van der Waals surface area contributed by atoms with Crippen molar-refractivity contribution in [2.75, 3.05) is 13.6 Å². The van der Waals surface area contributed by atoms with Crippen LogP contribution in [0.4, 0.5) is 4.39 Å². The Morgan fingerprint density at radius 3 is 2.70 bits per heavy atom. The number of piperidine rings is 1. The van der Waals surface area contributed by atoms with Gasteiger partial charge in [0.1, 0.15) is 5.65 Å². The molecule has 0 aliphatic carbocycles. The molecule has 228 valence electrons. The Kier molecular flexibility index (Phi) is 9.67. The molecule has 2 aromatic carbocycles. The molecule has 0 spiro atoms. The second kappa shape index (κ2) is 13.4. The fourth-order valence-corrected chi connectivity index (χ4v) is 6.47. The quantitative estimate of drug-likeness (QED) is 0.145. The molecule has 0 unspecified atom stereocenters. The monoisotopic (exact) mass is 604 g/mol. The van der Waals surface area contributed by atoms with Gasteiger partial charge in [0, 0.05) is 35.8 Å². The van der Waals surface area contributed by atoms with E-state index >= 15 is 4.39 Å². The van der Waals surface area contributed by atoms with Gasteiger partial charge in [-0.15, -0.1) is 0 Å². The molecule has 3 heterocycles. The number of amidine groups is 1. The number of hydrogen-bond donors (Lipinski definition) is 2. The molecule has 1 fully saturated rings. The third kappa shape index (κ3) is 7.19. The highest BCUT2D eigenvalue weighted by Crippen LogP contribution is 2.35. The number of benzene rings is 2. The number of halogens is 2. The van der Waals surface area contributed by atoms with Crippen molar-refractivity contribution >= 4 is 28.5 Å². The summed E-state index contributed by atoms with van der Waals surface area (Å²) >= 11 is 6.29. The van der Waals surface area contributed by atoms with Gasteiger partial charge in [-0.3, -0.25) is 14.5 Å². The maximum Gasteiger partial charge on any atom is 0.354 e. The van der Waals surface area contributed by atoms with Crippen LogP contribution in [-0.2, 0) is 6.42 Å². The number of nitrogens with zero attached hydrogens (tertiary/aromatic N) is 4. The van der Waals surface area contributed by atoms with Crippen molar-refractivity contribution in [1.82, 2.24) is 19.4 Å². The lowest BCUT2D eigenvalue weighted by Gasteiger charge is -2.40. The van der Waals surface area contributed by atoms with E-state index in [0.29, 0.717) is 46.1 Å². The second-order valence-corrected chi connectivity index (χ2v) is 12.7. The van der Waals surface area contributed by atoms with Crippen LogP contribution in [-0.4, -0.2) is 44.9 Å². The van der Waals surface area contributed by atoms with E-state index in [2.05, 4.69) is 52.9 Å². The predicted octanol–water partition coefficient (Wildman–Crippen LogP) is 7.44. The fraction of sp³-hybridized carbons (Fsp3) is 0.441. The van der Waals surface area contributed by atoms with Gasteiger partial charge in [0.15, 0.2) is 5.82 Å². The molecule has 7 nitrogen and oxygen atoms in total. The van der Waals surface area contributed by atoms with Crippen molar-refractivity contribution in [2.24, 2.45) is 16.6 Å². The number of fused-ring (bicyclic) bond motifs is 1. The SMILES string of the molecule is CC(N)=NCC[C@@H]1CCC[C@@H](c2ccc(-n3cc4cc(-c5cc(CCCC(C)C)cc(Cl)c5F)[nH]c4nc3=O)cc2)N1C. The number of H-pyrrole nitrogens is 1. The number of aromatic nitrogens is 3. The molecule has 4 aromatic rings. The van der Waals surface area contributed by atoms with Crippen LogP contribution in [0.15, 0.2) is 58.4 Å². The van der Waals surface area contributed by atoms with Crippen molar-refractivity contribution in [3.05, 3.63) is 81.1 Å². The van der Waals surface area contributed by atoms with E-state index in [1.807, 2.05) is 31.2 Å². The van der Waals surface area contributed by atoms with Crippen molar-refractivity contribution in [1.29, 1.82) is 0 Å². The molecule has 0 amide bonds. The molecule has 2 aromatic heterocycles. The highest BCUT2D eigenvalue weighted by Gasteiger charge is 2.28. The van der Waals surface area contributed by atoms with Crippen LogP contribution in [0.5, 0.6) is 0 Å². The summed E-state index contributed by atoms with van der Waals surface area (Å²) in [4.78, 5) is 27.3. The molecule has 5 rings (SSSR count). The number of aliphatic imine (C=N–C) groups is 1. The maximum absolute atomic E-state index is 15.2. The Morgan fingerprint density at radius 1 is 1.21 bits per heavy atom. The molecule has 1 saturated heterocycles. The number of likely N-dealkylation sites (tertiary alicyclic amines) is 1. The van der Waals surface area contributed by atoms with Crippen molar-refractivity contribution < 1.29 is 4.39 Å². The van der Waals surface area contributed by atoms with E-state index in [9.17, 15) is 4.79 Å². The third-order valence-corrected chi connectivity index (χ3v) is 8.87. The minimum Gasteiger partial charge on any atom is -0.388 e. The number of hydrogen-bond acceptors (Lipinski definition) is 4. The predicted molar refractivity (Wildman–Crippen MR) is 175 cm³/mol. The van der Waals surface area contributed by atoms with E-state index in [1.165, 1.54) is 10.1 Å². The van der Waals surface area contributed by atoms with Gasteiger partial charge in [-0.05, 0) is 99.9 Å². The van der Waals surface area contributed by atoms with Crippen LogP contribution < -0.4 is 11.4 Å². The van der Waals surface area contributed by atoms with Crippen LogP contribution in [0.25, 0.3) is 28.0 Å². The Hall–Kier alpha value is -3.49. The van der Waals surface area contributed by atoms with Crippen LogP contribution in [0.3, 0.4) is 0 Å². The first-order valence-corrected chi connectivity index (χ1v) is 15.7. The Labute approximate surface area is 258 Å². The number of nitrogens with one attached hydrogen (secondary N) is 1. The molecule has 0 bridgehead atoms. The Morgan fingerprint density at radius 2 is 1.98 bits per heavy atom. The summed E-state index contributed by atoms with van der Waals surface area (Å²) in [6.45, 7) is 6.95. The first kappa shape index (κ1) is 31.0. The van der Waals surface area contributed by atoms with Crippen LogP contribution >= 0.6 is 11.6 Å². The highest BCUT2D eigenvalue weighted by atomic mass is 35.5. The molecule has 43 heavy (non-hydrogen) atoms. The van der Waals surface area contributed by atoms with Gasteiger partial charge in [0.25, 0.3) is 0 Å². The lowest BCUT2D eigenvalue weighted by atomic mass is 9.90. The van der Waals surface area contributed by atoms with Crippen LogP contribution in [0, 0.1) is 11.7 Å². The van der Waals surface area contributed by atoms with Crippen molar-refractivity contribution in [3.8, 4) is 16.9 Å². The summed E-state index contributed by atoms with van der Waals surface area (Å²) in [5.74, 6) is 0.753. The smallest absolute Gasteiger partial charge is 0.354 e. The van der Waals surface area contributed by atoms with Gasteiger partial charge >= 0.3 is 5.69 Å². The van der Waals surface area contributed by atoms with Crippen molar-refractivity contribution in [3.63, 3.8) is 0 Å². The van der Waals surface area contributed by atoms with Crippen molar-refractivity contribution in [2.45, 2.75) is 77.8 Å². The van der Waals surface area contributed by atoms with E-state index < -0.39 is 11.5 Å². The summed E-state index contributed by atoms with van der Waals surface area (Å²) in [6.07, 6.45) is 9.07. The maximum atomic E-state index is 15.2.